The zero-order chi connectivity index (χ0) is 45.2. The molecule has 2 nitrogen and oxygen atoms in total. The molecule has 0 saturated heterocycles. The van der Waals surface area contributed by atoms with E-state index in [1.54, 1.807) is 0 Å². The molecule has 1 aliphatic carbocycles. The molecular weight excluding hydrogens is 787 g/mol. The van der Waals surface area contributed by atoms with Crippen LogP contribution in [0.25, 0.3) is 88.0 Å². The topological polar surface area (TPSA) is 16.4 Å². The molecule has 11 rings (SSSR count). The van der Waals surface area contributed by atoms with E-state index >= 15 is 0 Å². The van der Waals surface area contributed by atoms with Crippen LogP contribution < -0.4 is 4.90 Å². The fourth-order valence-electron chi connectivity index (χ4n) is 10.2. The minimum atomic E-state index is -0.0590. The zero-order valence-electron chi connectivity index (χ0n) is 39.4. The molecule has 0 unspecified atom stereocenters. The molecule has 2 heteroatoms. The van der Waals surface area contributed by atoms with E-state index in [4.69, 9.17) is 4.42 Å². The summed E-state index contributed by atoms with van der Waals surface area (Å²) in [6.45, 7) is 22.7. The Morgan fingerprint density at radius 3 is 1.35 bits per heavy atom. The first-order valence-corrected chi connectivity index (χ1v) is 23.2. The van der Waals surface area contributed by atoms with Crippen LogP contribution in [0.15, 0.2) is 168 Å². The minimum Gasteiger partial charge on any atom is -0.454 e. The molecule has 0 bridgehead atoms. The predicted octanol–water partition coefficient (Wildman–Crippen LogP) is 18.5. The maximum absolute atomic E-state index is 6.97. The van der Waals surface area contributed by atoms with E-state index in [-0.39, 0.29) is 16.2 Å². The fourth-order valence-corrected chi connectivity index (χ4v) is 10.2. The van der Waals surface area contributed by atoms with Gasteiger partial charge in [0.2, 0.25) is 0 Å². The molecule has 0 amide bonds. The number of aryl methyl sites for hydroxylation is 1. The average Bonchev–Trinajstić information content (AvgIpc) is 3.67. The summed E-state index contributed by atoms with van der Waals surface area (Å²) < 4.78 is 6.97. The van der Waals surface area contributed by atoms with Crippen molar-refractivity contribution in [3.63, 3.8) is 0 Å². The third-order valence-electron chi connectivity index (χ3n) is 13.9. The van der Waals surface area contributed by atoms with Gasteiger partial charge >= 0.3 is 0 Å². The van der Waals surface area contributed by atoms with E-state index in [0.717, 1.165) is 39.0 Å². The molecule has 0 fully saturated rings. The summed E-state index contributed by atoms with van der Waals surface area (Å²) in [6, 6.07) is 61.7. The third-order valence-corrected chi connectivity index (χ3v) is 13.9. The van der Waals surface area contributed by atoms with Crippen LogP contribution in [0.2, 0.25) is 0 Å². The highest BCUT2D eigenvalue weighted by Gasteiger charge is 2.27. The molecule has 0 spiro atoms. The van der Waals surface area contributed by atoms with Crippen LogP contribution in [0.5, 0.6) is 0 Å². The minimum absolute atomic E-state index is 0.0590. The number of fused-ring (bicyclic) bond motifs is 9. The largest absolute Gasteiger partial charge is 0.454 e. The quantitative estimate of drug-likeness (QED) is 0.172. The highest BCUT2D eigenvalue weighted by molar-refractivity contribution is 6.14. The normalized spacial score (nSPS) is 12.8. The molecule has 0 N–H and O–H groups in total. The Morgan fingerprint density at radius 2 is 0.831 bits per heavy atom. The molecule has 0 atom stereocenters. The lowest BCUT2D eigenvalue weighted by Gasteiger charge is -2.29. The van der Waals surface area contributed by atoms with E-state index in [1.165, 1.54) is 88.3 Å². The van der Waals surface area contributed by atoms with E-state index < -0.39 is 0 Å². The van der Waals surface area contributed by atoms with Crippen molar-refractivity contribution in [2.45, 2.75) is 85.5 Å². The van der Waals surface area contributed by atoms with Crippen molar-refractivity contribution in [3.05, 3.63) is 186 Å². The van der Waals surface area contributed by atoms with Crippen molar-refractivity contribution >= 4 is 60.5 Å². The Morgan fingerprint density at radius 1 is 0.369 bits per heavy atom. The lowest BCUT2D eigenvalue weighted by Crippen LogP contribution is -2.11. The van der Waals surface area contributed by atoms with Gasteiger partial charge < -0.3 is 9.32 Å². The average molecular weight is 844 g/mol. The van der Waals surface area contributed by atoms with E-state index in [2.05, 4.69) is 238 Å². The summed E-state index contributed by atoms with van der Waals surface area (Å²) in [5.74, 6) is 0. The lowest BCUT2D eigenvalue weighted by atomic mass is 9.77. The third kappa shape index (κ3) is 6.85. The van der Waals surface area contributed by atoms with Crippen molar-refractivity contribution in [1.82, 2.24) is 0 Å². The lowest BCUT2D eigenvalue weighted by molar-refractivity contribution is 0.573. The number of para-hydroxylation sites is 3. The number of rotatable bonds is 5. The second-order valence-electron chi connectivity index (χ2n) is 21.5. The molecule has 1 heterocycles. The molecule has 0 saturated carbocycles. The first-order chi connectivity index (χ1) is 31.0. The van der Waals surface area contributed by atoms with Crippen LogP contribution in [0.3, 0.4) is 0 Å². The second kappa shape index (κ2) is 14.6. The maximum Gasteiger partial charge on any atom is 0.159 e. The second-order valence-corrected chi connectivity index (χ2v) is 21.5. The first kappa shape index (κ1) is 40.8. The van der Waals surface area contributed by atoms with Crippen LogP contribution >= 0.6 is 0 Å². The number of benzene rings is 9. The summed E-state index contributed by atoms with van der Waals surface area (Å²) in [7, 11) is 0. The standard InChI is InChI=1S/C63H57NO/c1-38-15-11-12-19-57(38)64(58-20-14-17-49-48-16-13-18-56(63(8,9)10)59(48)65-60(49)58)47-30-25-41-32-52-53(35-42(41)31-47)55-37-44-34-51(40-23-28-46(29-24-40)62(5,6)7)50(33-43(44)36-54(52)55)39-21-26-45(27-22-39)61(2,3)4/h11-37H,1-10H3. The van der Waals surface area contributed by atoms with Gasteiger partial charge in [-0.15, -0.1) is 0 Å². The number of anilines is 3. The summed E-state index contributed by atoms with van der Waals surface area (Å²) >= 11 is 0. The summed E-state index contributed by atoms with van der Waals surface area (Å²) in [6.07, 6.45) is 0. The summed E-state index contributed by atoms with van der Waals surface area (Å²) in [4.78, 5) is 2.39. The van der Waals surface area contributed by atoms with Crippen molar-refractivity contribution in [2.75, 3.05) is 4.90 Å². The number of nitrogens with zero attached hydrogens (tertiary/aromatic N) is 1. The van der Waals surface area contributed by atoms with Crippen molar-refractivity contribution in [2.24, 2.45) is 0 Å². The van der Waals surface area contributed by atoms with Crippen molar-refractivity contribution in [1.29, 1.82) is 0 Å². The predicted molar refractivity (Wildman–Crippen MR) is 280 cm³/mol. The van der Waals surface area contributed by atoms with Gasteiger partial charge in [-0.1, -0.05) is 165 Å². The van der Waals surface area contributed by atoms with Gasteiger partial charge in [0.25, 0.3) is 0 Å². The van der Waals surface area contributed by atoms with Crippen molar-refractivity contribution in [3.8, 4) is 44.5 Å². The molecule has 10 aromatic rings. The fraction of sp³-hybridized carbons (Fsp3) is 0.206. The molecule has 320 valence electrons. The molecule has 1 aromatic heterocycles. The Bertz CT molecular complexity index is 3520. The Labute approximate surface area is 384 Å². The Kier molecular flexibility index (Phi) is 9.15. The smallest absolute Gasteiger partial charge is 0.159 e. The molecule has 0 aliphatic heterocycles. The molecular formula is C63H57NO. The summed E-state index contributed by atoms with van der Waals surface area (Å²) in [5, 5.41) is 7.24. The molecule has 65 heavy (non-hydrogen) atoms. The number of furan rings is 1. The Balaban J connectivity index is 1.04. The zero-order valence-corrected chi connectivity index (χ0v) is 39.4. The molecule has 0 radical (unpaired) electrons. The highest BCUT2D eigenvalue weighted by Crippen LogP contribution is 2.52. The van der Waals surface area contributed by atoms with Gasteiger partial charge in [-0.2, -0.15) is 0 Å². The SMILES string of the molecule is Cc1ccccc1N(c1ccc2cc3c(cc2c1)-c1cc2cc(-c4ccc(C(C)(C)C)cc4)c(-c4ccc(C(C)(C)C)cc4)cc2cc1-3)c1cccc2c1oc1c(C(C)(C)C)cccc12. The van der Waals surface area contributed by atoms with Gasteiger partial charge in [0.1, 0.15) is 5.58 Å². The van der Waals surface area contributed by atoms with Gasteiger partial charge in [0, 0.05) is 27.7 Å². The van der Waals surface area contributed by atoms with Gasteiger partial charge in [0.05, 0.1) is 5.69 Å². The summed E-state index contributed by atoms with van der Waals surface area (Å²) in [5.41, 5.74) is 20.6. The first-order valence-electron chi connectivity index (χ1n) is 23.2. The molecule has 9 aromatic carbocycles. The molecule has 1 aliphatic rings. The van der Waals surface area contributed by atoms with E-state index in [1.807, 2.05) is 0 Å². The van der Waals surface area contributed by atoms with Crippen LogP contribution in [-0.4, -0.2) is 0 Å². The van der Waals surface area contributed by atoms with E-state index in [9.17, 15) is 0 Å². The van der Waals surface area contributed by atoms with Gasteiger partial charge in [-0.3, -0.25) is 0 Å². The van der Waals surface area contributed by atoms with Crippen LogP contribution in [0.4, 0.5) is 17.1 Å². The van der Waals surface area contributed by atoms with Crippen molar-refractivity contribution < 1.29 is 4.42 Å². The highest BCUT2D eigenvalue weighted by atomic mass is 16.3. The number of hydrogen-bond donors (Lipinski definition) is 0. The Hall–Kier alpha value is -6.90. The monoisotopic (exact) mass is 843 g/mol. The van der Waals surface area contributed by atoms with Gasteiger partial charge in [0.15, 0.2) is 5.58 Å². The maximum atomic E-state index is 6.97. The van der Waals surface area contributed by atoms with Gasteiger partial charge in [-0.25, -0.2) is 0 Å². The van der Waals surface area contributed by atoms with Crippen LogP contribution in [0.1, 0.15) is 84.6 Å². The van der Waals surface area contributed by atoms with Crippen LogP contribution in [0, 0.1) is 6.92 Å². The van der Waals surface area contributed by atoms with Crippen LogP contribution in [-0.2, 0) is 16.2 Å². The van der Waals surface area contributed by atoms with Gasteiger partial charge in [-0.05, 0) is 167 Å². The number of hydrogen-bond acceptors (Lipinski definition) is 2. The van der Waals surface area contributed by atoms with E-state index in [0.29, 0.717) is 0 Å².